The third kappa shape index (κ3) is 10.6. The smallest absolute Gasteiger partial charge is 0.336 e. The van der Waals surface area contributed by atoms with Crippen LogP contribution in [0.2, 0.25) is 0 Å². The molecule has 0 aliphatic heterocycles. The van der Waals surface area contributed by atoms with Gasteiger partial charge in [-0.3, -0.25) is 9.59 Å². The molecule has 0 fully saturated rings. The van der Waals surface area contributed by atoms with E-state index in [1.54, 1.807) is 0 Å². The normalized spacial score (nSPS) is 10.4. The summed E-state index contributed by atoms with van der Waals surface area (Å²) in [6.07, 6.45) is -2.29. The second-order valence-electron chi connectivity index (χ2n) is 4.21. The number of carboxylic acids is 3. The Kier molecular flexibility index (Phi) is 7.95. The highest BCUT2D eigenvalue weighted by molar-refractivity contribution is 5.88. The van der Waals surface area contributed by atoms with E-state index in [4.69, 9.17) is 20.4 Å². The molecule has 0 bridgehead atoms. The summed E-state index contributed by atoms with van der Waals surface area (Å²) in [5.74, 6) is -4.19. The summed E-state index contributed by atoms with van der Waals surface area (Å²) in [7, 11) is 0. The lowest BCUT2D eigenvalue weighted by atomic mass is 9.96. The topological polar surface area (TPSA) is 132 Å². The summed E-state index contributed by atoms with van der Waals surface area (Å²) in [5.41, 5.74) is -2.74. The van der Waals surface area contributed by atoms with Gasteiger partial charge in [0.1, 0.15) is 0 Å². The van der Waals surface area contributed by atoms with E-state index in [-0.39, 0.29) is 0 Å². The first-order valence-corrected chi connectivity index (χ1v) is 4.90. The Morgan fingerprint density at radius 1 is 0.941 bits per heavy atom. The summed E-state index contributed by atoms with van der Waals surface area (Å²) in [6.45, 7) is 6.50. The third-order valence-electron chi connectivity index (χ3n) is 1.29. The summed E-state index contributed by atoms with van der Waals surface area (Å²) < 4.78 is 0. The minimum Gasteiger partial charge on any atom is -0.481 e. The maximum absolute atomic E-state index is 10.3. The van der Waals surface area contributed by atoms with Gasteiger partial charge in [-0.05, 0) is 5.92 Å². The SMILES string of the molecule is CC(C)C.O=C(O)CC(O)(CC(=O)O)C(=O)O. The van der Waals surface area contributed by atoms with Gasteiger partial charge in [0.15, 0.2) is 5.60 Å². The van der Waals surface area contributed by atoms with Crippen molar-refractivity contribution in [3.05, 3.63) is 0 Å². The number of hydrogen-bond donors (Lipinski definition) is 4. The monoisotopic (exact) mass is 250 g/mol. The molecule has 0 rings (SSSR count). The first-order chi connectivity index (χ1) is 7.51. The highest BCUT2D eigenvalue weighted by atomic mass is 16.4. The Morgan fingerprint density at radius 2 is 1.18 bits per heavy atom. The maximum atomic E-state index is 10.3. The predicted octanol–water partition coefficient (Wildman–Crippen LogP) is 0.414. The molecular weight excluding hydrogens is 232 g/mol. The van der Waals surface area contributed by atoms with E-state index in [2.05, 4.69) is 20.8 Å². The van der Waals surface area contributed by atoms with Gasteiger partial charge in [-0.1, -0.05) is 20.8 Å². The molecule has 0 atom stereocenters. The van der Waals surface area contributed by atoms with E-state index in [9.17, 15) is 14.4 Å². The molecule has 17 heavy (non-hydrogen) atoms. The molecule has 0 saturated carbocycles. The van der Waals surface area contributed by atoms with Crippen LogP contribution in [0.25, 0.3) is 0 Å². The van der Waals surface area contributed by atoms with E-state index >= 15 is 0 Å². The van der Waals surface area contributed by atoms with Crippen molar-refractivity contribution < 1.29 is 34.8 Å². The fourth-order valence-electron chi connectivity index (χ4n) is 0.714. The second kappa shape index (κ2) is 7.61. The zero-order valence-corrected chi connectivity index (χ0v) is 10.0. The van der Waals surface area contributed by atoms with Gasteiger partial charge in [-0.15, -0.1) is 0 Å². The minimum absolute atomic E-state index is 0.833. The number of aliphatic carboxylic acids is 3. The van der Waals surface area contributed by atoms with E-state index in [0.717, 1.165) is 5.92 Å². The lowest BCUT2D eigenvalue weighted by molar-refractivity contribution is -0.170. The van der Waals surface area contributed by atoms with Crippen LogP contribution in [-0.2, 0) is 14.4 Å². The van der Waals surface area contributed by atoms with Crippen molar-refractivity contribution in [3.63, 3.8) is 0 Å². The van der Waals surface area contributed by atoms with Crippen LogP contribution in [0.1, 0.15) is 33.6 Å². The number of aliphatic hydroxyl groups is 1. The molecule has 0 amide bonds. The lowest BCUT2D eigenvalue weighted by Crippen LogP contribution is -2.42. The van der Waals surface area contributed by atoms with Crippen LogP contribution < -0.4 is 0 Å². The van der Waals surface area contributed by atoms with E-state index < -0.39 is 36.4 Å². The highest BCUT2D eigenvalue weighted by Crippen LogP contribution is 2.15. The first kappa shape index (κ1) is 17.8. The number of carbonyl (C=O) groups is 3. The molecule has 0 saturated heterocycles. The maximum Gasteiger partial charge on any atom is 0.336 e. The Hall–Kier alpha value is -1.63. The zero-order valence-electron chi connectivity index (χ0n) is 10.0. The molecule has 0 aromatic heterocycles. The fraction of sp³-hybridized carbons (Fsp3) is 0.700. The number of hydrogen-bond acceptors (Lipinski definition) is 4. The van der Waals surface area contributed by atoms with Gasteiger partial charge in [0, 0.05) is 0 Å². The molecule has 7 nitrogen and oxygen atoms in total. The van der Waals surface area contributed by atoms with Crippen molar-refractivity contribution in [2.45, 2.75) is 39.2 Å². The molecule has 0 spiro atoms. The van der Waals surface area contributed by atoms with Crippen LogP contribution in [0, 0.1) is 5.92 Å². The van der Waals surface area contributed by atoms with Crippen molar-refractivity contribution in [2.24, 2.45) is 5.92 Å². The van der Waals surface area contributed by atoms with E-state index in [1.165, 1.54) is 0 Å². The van der Waals surface area contributed by atoms with Crippen molar-refractivity contribution >= 4 is 17.9 Å². The van der Waals surface area contributed by atoms with Crippen LogP contribution in [0.3, 0.4) is 0 Å². The Labute approximate surface area is 98.7 Å². The molecule has 4 N–H and O–H groups in total. The third-order valence-corrected chi connectivity index (χ3v) is 1.29. The molecule has 0 unspecified atom stereocenters. The molecule has 0 aromatic rings. The van der Waals surface area contributed by atoms with Crippen LogP contribution in [-0.4, -0.2) is 43.9 Å². The molecule has 7 heteroatoms. The molecule has 0 aliphatic carbocycles. The van der Waals surface area contributed by atoms with Crippen LogP contribution in [0.4, 0.5) is 0 Å². The quantitative estimate of drug-likeness (QED) is 0.555. The van der Waals surface area contributed by atoms with Gasteiger partial charge in [0.25, 0.3) is 0 Å². The minimum atomic E-state index is -2.74. The van der Waals surface area contributed by atoms with Gasteiger partial charge < -0.3 is 20.4 Å². The Morgan fingerprint density at radius 3 is 1.29 bits per heavy atom. The standard InChI is InChI=1S/C6H8O7.C4H10/c7-3(8)1-6(13,5(11)12)2-4(9)10;1-4(2)3/h13H,1-2H2,(H,7,8)(H,9,10)(H,11,12);4H,1-3H3. The van der Waals surface area contributed by atoms with E-state index in [1.807, 2.05) is 0 Å². The van der Waals surface area contributed by atoms with Crippen molar-refractivity contribution in [2.75, 3.05) is 0 Å². The first-order valence-electron chi connectivity index (χ1n) is 4.90. The second-order valence-corrected chi connectivity index (χ2v) is 4.21. The Balaban J connectivity index is 0. The van der Waals surface area contributed by atoms with Gasteiger partial charge in [0.05, 0.1) is 12.8 Å². The molecular formula is C10H18O7. The average molecular weight is 250 g/mol. The van der Waals surface area contributed by atoms with Gasteiger partial charge in [-0.25, -0.2) is 4.79 Å². The Bertz CT molecular complexity index is 264. The van der Waals surface area contributed by atoms with Crippen molar-refractivity contribution in [1.29, 1.82) is 0 Å². The molecule has 0 heterocycles. The van der Waals surface area contributed by atoms with Gasteiger partial charge in [-0.2, -0.15) is 0 Å². The van der Waals surface area contributed by atoms with Crippen molar-refractivity contribution in [3.8, 4) is 0 Å². The van der Waals surface area contributed by atoms with E-state index in [0.29, 0.717) is 0 Å². The average Bonchev–Trinajstić information content (AvgIpc) is 1.98. The fourth-order valence-corrected chi connectivity index (χ4v) is 0.714. The predicted molar refractivity (Wildman–Crippen MR) is 57.6 cm³/mol. The molecule has 0 aliphatic rings. The van der Waals surface area contributed by atoms with Crippen molar-refractivity contribution in [1.82, 2.24) is 0 Å². The summed E-state index contributed by atoms with van der Waals surface area (Å²) >= 11 is 0. The molecule has 0 radical (unpaired) electrons. The number of carboxylic acid groups (broad SMARTS) is 3. The summed E-state index contributed by atoms with van der Waals surface area (Å²) in [4.78, 5) is 30.5. The van der Waals surface area contributed by atoms with Gasteiger partial charge >= 0.3 is 17.9 Å². The van der Waals surface area contributed by atoms with Gasteiger partial charge in [0.2, 0.25) is 0 Å². The summed E-state index contributed by atoms with van der Waals surface area (Å²) in [6, 6.07) is 0. The van der Waals surface area contributed by atoms with Crippen LogP contribution in [0.5, 0.6) is 0 Å². The lowest BCUT2D eigenvalue weighted by Gasteiger charge is -2.18. The highest BCUT2D eigenvalue weighted by Gasteiger charge is 2.40. The summed E-state index contributed by atoms with van der Waals surface area (Å²) in [5, 5.41) is 33.8. The molecule has 0 aromatic carbocycles. The zero-order chi connectivity index (χ0) is 14.2. The largest absolute Gasteiger partial charge is 0.481 e. The molecule has 100 valence electrons. The van der Waals surface area contributed by atoms with Crippen LogP contribution in [0.15, 0.2) is 0 Å². The number of rotatable bonds is 5. The van der Waals surface area contributed by atoms with Crippen LogP contribution >= 0.6 is 0 Å².